The average Bonchev–Trinajstić information content (AvgIpc) is 2.41. The zero-order valence-corrected chi connectivity index (χ0v) is 11.4. The molecule has 0 aromatic heterocycles. The number of ether oxygens (including phenoxy) is 1. The van der Waals surface area contributed by atoms with Crippen molar-refractivity contribution in [2.24, 2.45) is 5.92 Å². The Morgan fingerprint density at radius 1 is 1.35 bits per heavy atom. The number of hydrogen-bond acceptors (Lipinski definition) is 5. The van der Waals surface area contributed by atoms with E-state index in [-0.39, 0.29) is 23.0 Å². The lowest BCUT2D eigenvalue weighted by Crippen LogP contribution is -2.23. The van der Waals surface area contributed by atoms with Crippen LogP contribution in [0.15, 0.2) is 18.2 Å². The molecule has 1 aliphatic carbocycles. The summed E-state index contributed by atoms with van der Waals surface area (Å²) < 4.78 is 5.40. The van der Waals surface area contributed by atoms with Crippen molar-refractivity contribution in [1.82, 2.24) is 0 Å². The van der Waals surface area contributed by atoms with Gasteiger partial charge in [0.25, 0.3) is 5.69 Å². The molecule has 0 amide bonds. The third-order valence-corrected chi connectivity index (χ3v) is 3.70. The van der Waals surface area contributed by atoms with Gasteiger partial charge in [-0.1, -0.05) is 6.92 Å². The number of nitro benzene ring substituents is 1. The maximum atomic E-state index is 12.0. The topological polar surface area (TPSA) is 95.5 Å². The number of nitro groups is 1. The zero-order valence-electron chi connectivity index (χ0n) is 11.4. The molecule has 2 rings (SSSR count). The summed E-state index contributed by atoms with van der Waals surface area (Å²) in [4.78, 5) is 22.2. The predicted molar refractivity (Wildman–Crippen MR) is 74.3 cm³/mol. The Bertz CT molecular complexity index is 522. The standard InChI is InChI=1S/C14H18N2O4/c1-9-2-5-11(6-3-9)20-14(17)10-4-7-12(15)13(8-10)16(18)19/h4,7-9,11H,2-3,5-6,15H2,1H3. The van der Waals surface area contributed by atoms with E-state index in [0.29, 0.717) is 5.92 Å². The van der Waals surface area contributed by atoms with Crippen LogP contribution >= 0.6 is 0 Å². The molecule has 0 heterocycles. The summed E-state index contributed by atoms with van der Waals surface area (Å²) in [5.41, 5.74) is 5.44. The molecule has 20 heavy (non-hydrogen) atoms. The van der Waals surface area contributed by atoms with Crippen molar-refractivity contribution in [3.05, 3.63) is 33.9 Å². The molecule has 6 nitrogen and oxygen atoms in total. The number of nitrogens with zero attached hydrogens (tertiary/aromatic N) is 1. The second-order valence-electron chi connectivity index (χ2n) is 5.32. The monoisotopic (exact) mass is 278 g/mol. The van der Waals surface area contributed by atoms with Gasteiger partial charge in [0.1, 0.15) is 11.8 Å². The van der Waals surface area contributed by atoms with Gasteiger partial charge in [-0.3, -0.25) is 10.1 Å². The highest BCUT2D eigenvalue weighted by Gasteiger charge is 2.23. The van der Waals surface area contributed by atoms with Crippen LogP contribution in [0.25, 0.3) is 0 Å². The van der Waals surface area contributed by atoms with Crippen molar-refractivity contribution in [2.75, 3.05) is 5.73 Å². The van der Waals surface area contributed by atoms with Gasteiger partial charge in [0.05, 0.1) is 10.5 Å². The van der Waals surface area contributed by atoms with Crippen molar-refractivity contribution in [2.45, 2.75) is 38.7 Å². The molecule has 2 N–H and O–H groups in total. The van der Waals surface area contributed by atoms with Crippen LogP contribution in [0.3, 0.4) is 0 Å². The number of esters is 1. The molecule has 1 saturated carbocycles. The minimum atomic E-state index is -0.603. The summed E-state index contributed by atoms with van der Waals surface area (Å²) in [5, 5.41) is 10.8. The number of benzene rings is 1. The van der Waals surface area contributed by atoms with Gasteiger partial charge >= 0.3 is 5.97 Å². The molecular weight excluding hydrogens is 260 g/mol. The van der Waals surface area contributed by atoms with Crippen LogP contribution in [-0.2, 0) is 4.74 Å². The molecule has 0 spiro atoms. The highest BCUT2D eigenvalue weighted by molar-refractivity contribution is 5.91. The van der Waals surface area contributed by atoms with Gasteiger partial charge in [-0.05, 0) is 43.7 Å². The fourth-order valence-electron chi connectivity index (χ4n) is 2.40. The number of nitrogens with two attached hydrogens (primary N) is 1. The maximum absolute atomic E-state index is 12.0. The molecule has 1 aliphatic rings. The van der Waals surface area contributed by atoms with E-state index in [9.17, 15) is 14.9 Å². The summed E-state index contributed by atoms with van der Waals surface area (Å²) in [6.45, 7) is 2.18. The Balaban J connectivity index is 2.06. The number of hydrogen-bond donors (Lipinski definition) is 1. The highest BCUT2D eigenvalue weighted by Crippen LogP contribution is 2.27. The minimum Gasteiger partial charge on any atom is -0.459 e. The van der Waals surface area contributed by atoms with Gasteiger partial charge in [-0.2, -0.15) is 0 Å². The van der Waals surface area contributed by atoms with E-state index in [4.69, 9.17) is 10.5 Å². The molecule has 0 saturated heterocycles. The van der Waals surface area contributed by atoms with Gasteiger partial charge in [0.15, 0.2) is 0 Å². The number of nitrogen functional groups attached to an aromatic ring is 1. The molecule has 0 unspecified atom stereocenters. The quantitative estimate of drug-likeness (QED) is 0.397. The van der Waals surface area contributed by atoms with E-state index in [0.717, 1.165) is 25.7 Å². The minimum absolute atomic E-state index is 0.0399. The Kier molecular flexibility index (Phi) is 4.22. The van der Waals surface area contributed by atoms with Gasteiger partial charge in [0, 0.05) is 6.07 Å². The molecule has 1 aromatic rings. The number of carbonyl (C=O) groups is 1. The van der Waals surface area contributed by atoms with Crippen LogP contribution in [0.4, 0.5) is 11.4 Å². The maximum Gasteiger partial charge on any atom is 0.338 e. The van der Waals surface area contributed by atoms with E-state index in [1.54, 1.807) is 0 Å². The van der Waals surface area contributed by atoms with Crippen molar-refractivity contribution in [1.29, 1.82) is 0 Å². The smallest absolute Gasteiger partial charge is 0.338 e. The van der Waals surface area contributed by atoms with E-state index >= 15 is 0 Å². The van der Waals surface area contributed by atoms with E-state index in [1.807, 2.05) is 0 Å². The van der Waals surface area contributed by atoms with Crippen molar-refractivity contribution >= 4 is 17.3 Å². The van der Waals surface area contributed by atoms with E-state index in [2.05, 4.69) is 6.92 Å². The number of rotatable bonds is 3. The molecule has 1 aromatic carbocycles. The first-order chi connectivity index (χ1) is 9.47. The number of carbonyl (C=O) groups excluding carboxylic acids is 1. The normalized spacial score (nSPS) is 22.2. The Hall–Kier alpha value is -2.11. The molecule has 0 radical (unpaired) electrons. The molecule has 1 fully saturated rings. The average molecular weight is 278 g/mol. The van der Waals surface area contributed by atoms with Gasteiger partial charge in [-0.15, -0.1) is 0 Å². The third kappa shape index (κ3) is 3.26. The summed E-state index contributed by atoms with van der Waals surface area (Å²) in [6.07, 6.45) is 3.70. The first-order valence-corrected chi connectivity index (χ1v) is 6.72. The van der Waals surface area contributed by atoms with E-state index < -0.39 is 10.9 Å². The Labute approximate surface area is 117 Å². The zero-order chi connectivity index (χ0) is 14.7. The molecule has 0 aliphatic heterocycles. The van der Waals surface area contributed by atoms with Crippen LogP contribution in [0.2, 0.25) is 0 Å². The second kappa shape index (κ2) is 5.90. The van der Waals surface area contributed by atoms with Crippen LogP contribution < -0.4 is 5.73 Å². The summed E-state index contributed by atoms with van der Waals surface area (Å²) >= 11 is 0. The Morgan fingerprint density at radius 3 is 2.60 bits per heavy atom. The van der Waals surface area contributed by atoms with Crippen LogP contribution in [-0.4, -0.2) is 17.0 Å². The molecule has 0 bridgehead atoms. The summed E-state index contributed by atoms with van der Waals surface area (Å²) in [6, 6.07) is 3.98. The SMILES string of the molecule is CC1CCC(OC(=O)c2ccc(N)c([N+](=O)[O-])c2)CC1. The van der Waals surface area contributed by atoms with Crippen molar-refractivity contribution in [3.8, 4) is 0 Å². The molecule has 108 valence electrons. The van der Waals surface area contributed by atoms with Crippen molar-refractivity contribution < 1.29 is 14.5 Å². The fourth-order valence-corrected chi connectivity index (χ4v) is 2.40. The van der Waals surface area contributed by atoms with Crippen LogP contribution in [0.1, 0.15) is 43.0 Å². The lowest BCUT2D eigenvalue weighted by atomic mass is 9.89. The second-order valence-corrected chi connectivity index (χ2v) is 5.32. The van der Waals surface area contributed by atoms with Gasteiger partial charge in [-0.25, -0.2) is 4.79 Å². The van der Waals surface area contributed by atoms with E-state index in [1.165, 1.54) is 18.2 Å². The lowest BCUT2D eigenvalue weighted by Gasteiger charge is -2.25. The predicted octanol–water partition coefficient (Wildman–Crippen LogP) is 2.91. The van der Waals surface area contributed by atoms with Crippen LogP contribution in [0, 0.1) is 16.0 Å². The molecule has 6 heteroatoms. The first-order valence-electron chi connectivity index (χ1n) is 6.72. The van der Waals surface area contributed by atoms with Crippen molar-refractivity contribution in [3.63, 3.8) is 0 Å². The fraction of sp³-hybridized carbons (Fsp3) is 0.500. The number of anilines is 1. The Morgan fingerprint density at radius 2 is 2.00 bits per heavy atom. The van der Waals surface area contributed by atoms with Crippen LogP contribution in [0.5, 0.6) is 0 Å². The highest BCUT2D eigenvalue weighted by atomic mass is 16.6. The lowest BCUT2D eigenvalue weighted by molar-refractivity contribution is -0.383. The summed E-state index contributed by atoms with van der Waals surface area (Å²) in [5.74, 6) is 0.148. The third-order valence-electron chi connectivity index (χ3n) is 3.70. The van der Waals surface area contributed by atoms with Gasteiger partial charge < -0.3 is 10.5 Å². The molecule has 0 atom stereocenters. The summed E-state index contributed by atoms with van der Waals surface area (Å²) in [7, 11) is 0. The van der Waals surface area contributed by atoms with Gasteiger partial charge in [0.2, 0.25) is 0 Å². The molecular formula is C14H18N2O4. The largest absolute Gasteiger partial charge is 0.459 e. The first kappa shape index (κ1) is 14.3.